The molecule has 4 heteroatoms. The van der Waals surface area contributed by atoms with Crippen LogP contribution in [0, 0.1) is 0 Å². The van der Waals surface area contributed by atoms with Crippen LogP contribution in [0.15, 0.2) is 364 Å². The number of nitrogens with zero attached hydrogens (tertiary/aromatic N) is 4. The van der Waals surface area contributed by atoms with E-state index in [9.17, 15) is 0 Å². The van der Waals surface area contributed by atoms with Crippen LogP contribution < -0.4 is 4.90 Å². The Bertz CT molecular complexity index is 5130. The van der Waals surface area contributed by atoms with Gasteiger partial charge in [-0.05, 0) is 176 Å². The summed E-state index contributed by atoms with van der Waals surface area (Å²) in [6.45, 7) is 0. The van der Waals surface area contributed by atoms with E-state index in [4.69, 9.17) is 0 Å². The van der Waals surface area contributed by atoms with Crippen molar-refractivity contribution in [2.75, 3.05) is 4.90 Å². The summed E-state index contributed by atoms with van der Waals surface area (Å²) >= 11 is 0. The first-order valence-corrected chi connectivity index (χ1v) is 32.3. The molecule has 0 unspecified atom stereocenters. The van der Waals surface area contributed by atoms with Crippen molar-refractivity contribution in [3.63, 3.8) is 0 Å². The Morgan fingerprint density at radius 2 is 0.309 bits per heavy atom. The lowest BCUT2D eigenvalue weighted by Crippen LogP contribution is -2.09. The summed E-state index contributed by atoms with van der Waals surface area (Å²) in [4.78, 5) is 2.38. The molecule has 0 saturated heterocycles. The van der Waals surface area contributed by atoms with Crippen molar-refractivity contribution < 1.29 is 0 Å². The molecule has 18 rings (SSSR count). The Morgan fingerprint density at radius 3 is 0.500 bits per heavy atom. The molecule has 0 atom stereocenters. The lowest BCUT2D eigenvalue weighted by molar-refractivity contribution is 1.18. The number of para-hydroxylation sites is 6. The number of hydrogen-bond acceptors (Lipinski definition) is 1. The van der Waals surface area contributed by atoms with Gasteiger partial charge in [-0.3, -0.25) is 0 Å². The van der Waals surface area contributed by atoms with E-state index in [1.165, 1.54) is 115 Å². The van der Waals surface area contributed by atoms with E-state index in [0.717, 1.165) is 50.8 Å². The Balaban J connectivity index is 0.686. The first-order chi connectivity index (χ1) is 46.6. The van der Waals surface area contributed by atoms with Crippen LogP contribution >= 0.6 is 0 Å². The molecule has 0 radical (unpaired) electrons. The number of anilines is 3. The summed E-state index contributed by atoms with van der Waals surface area (Å²) in [6, 6.07) is 133. The number of aromatic nitrogens is 3. The highest BCUT2D eigenvalue weighted by atomic mass is 15.1. The van der Waals surface area contributed by atoms with Gasteiger partial charge in [0.25, 0.3) is 0 Å². The van der Waals surface area contributed by atoms with Gasteiger partial charge in [-0.15, -0.1) is 0 Å². The summed E-state index contributed by atoms with van der Waals surface area (Å²) < 4.78 is 7.14. The summed E-state index contributed by atoms with van der Waals surface area (Å²) in [6.07, 6.45) is 0. The van der Waals surface area contributed by atoms with Crippen molar-refractivity contribution in [2.24, 2.45) is 0 Å². The predicted molar refractivity (Wildman–Crippen MR) is 397 cm³/mol. The molecule has 0 spiro atoms. The minimum atomic E-state index is 1.06. The van der Waals surface area contributed by atoms with Crippen LogP contribution in [0.1, 0.15) is 0 Å². The second-order valence-corrected chi connectivity index (χ2v) is 24.4. The topological polar surface area (TPSA) is 18.0 Å². The van der Waals surface area contributed by atoms with Gasteiger partial charge in [0.05, 0.1) is 33.1 Å². The summed E-state index contributed by atoms with van der Waals surface area (Å²) in [5.74, 6) is 0. The number of fused-ring (bicyclic) bond motifs is 9. The van der Waals surface area contributed by atoms with Gasteiger partial charge in [-0.2, -0.15) is 0 Å². The third-order valence-corrected chi connectivity index (χ3v) is 19.1. The molecule has 3 heterocycles. The monoisotopic (exact) mass is 1200 g/mol. The minimum Gasteiger partial charge on any atom is -0.311 e. The maximum absolute atomic E-state index is 2.38. The molecule has 0 saturated carbocycles. The Morgan fingerprint density at radius 1 is 0.149 bits per heavy atom. The van der Waals surface area contributed by atoms with Crippen molar-refractivity contribution in [3.8, 4) is 83.8 Å². The molecule has 0 fully saturated rings. The zero-order valence-electron chi connectivity index (χ0n) is 51.4. The molecular weight excluding hydrogens is 1140 g/mol. The first-order valence-electron chi connectivity index (χ1n) is 32.3. The molecule has 440 valence electrons. The Kier molecular flexibility index (Phi) is 13.2. The third-order valence-electron chi connectivity index (χ3n) is 19.1. The van der Waals surface area contributed by atoms with Crippen LogP contribution in [0.25, 0.3) is 149 Å². The summed E-state index contributed by atoms with van der Waals surface area (Å²) in [7, 11) is 0. The van der Waals surface area contributed by atoms with Crippen LogP contribution in [0.2, 0.25) is 0 Å². The quantitative estimate of drug-likeness (QED) is 0.119. The first kappa shape index (κ1) is 54.4. The fraction of sp³-hybridized carbons (Fsp3) is 0. The minimum absolute atomic E-state index is 1.06. The highest BCUT2D eigenvalue weighted by Crippen LogP contribution is 2.44. The second kappa shape index (κ2) is 22.8. The van der Waals surface area contributed by atoms with Crippen molar-refractivity contribution >= 4 is 82.5 Å². The lowest BCUT2D eigenvalue weighted by Gasteiger charge is -2.26. The molecule has 0 bridgehead atoms. The smallest absolute Gasteiger partial charge is 0.0541 e. The van der Waals surface area contributed by atoms with Crippen LogP contribution in [0.4, 0.5) is 17.1 Å². The zero-order valence-corrected chi connectivity index (χ0v) is 51.4. The standard InChI is InChI=1S/C90H60N4/c1-4-22-76(64-43-55-70(56-44-64)92-85-31-13-7-25-79(85)80-26-8-14-32-86(80)92)73(19-1)61-37-49-67(50-38-61)91(68-51-39-62(40-52-68)74-20-2-5-23-77(74)65-45-57-71(58-46-65)93-87-33-15-9-27-81(87)82-28-10-16-34-88(82)93)69-53-41-63(42-54-69)75-21-3-6-24-78(75)66-47-59-72(60-48-66)94-89-35-17-11-29-83(89)84-30-12-18-36-90(84)94/h1-60H. The molecule has 0 aliphatic heterocycles. The number of hydrogen-bond donors (Lipinski definition) is 0. The molecule has 15 aromatic carbocycles. The van der Waals surface area contributed by atoms with E-state index in [2.05, 4.69) is 383 Å². The fourth-order valence-corrected chi connectivity index (χ4v) is 14.7. The van der Waals surface area contributed by atoms with Gasteiger partial charge < -0.3 is 18.6 Å². The van der Waals surface area contributed by atoms with Crippen molar-refractivity contribution in [1.29, 1.82) is 0 Å². The zero-order chi connectivity index (χ0) is 62.1. The van der Waals surface area contributed by atoms with Gasteiger partial charge in [0.2, 0.25) is 0 Å². The van der Waals surface area contributed by atoms with Crippen molar-refractivity contribution in [2.45, 2.75) is 0 Å². The SMILES string of the molecule is c1ccc(-c2ccc(-n3c4ccccc4c4ccccc43)cc2)c(-c2ccc(N(c3ccc(-c4ccccc4-c4ccc(-n5c6ccccc6c6ccccc65)cc4)cc3)c3ccc(-c4ccccc4-c4ccc(-n5c6ccccc6c6ccccc65)cc4)cc3)cc2)c1. The molecule has 0 amide bonds. The van der Waals surface area contributed by atoms with Gasteiger partial charge in [0.1, 0.15) is 0 Å². The van der Waals surface area contributed by atoms with Crippen molar-refractivity contribution in [1.82, 2.24) is 13.7 Å². The van der Waals surface area contributed by atoms with Gasteiger partial charge in [-0.25, -0.2) is 0 Å². The van der Waals surface area contributed by atoms with E-state index >= 15 is 0 Å². The molecule has 94 heavy (non-hydrogen) atoms. The molecule has 0 aliphatic carbocycles. The summed E-state index contributed by atoms with van der Waals surface area (Å²) in [5.41, 5.74) is 27.9. The molecule has 3 aromatic heterocycles. The van der Waals surface area contributed by atoms with E-state index < -0.39 is 0 Å². The van der Waals surface area contributed by atoms with E-state index in [1.807, 2.05) is 0 Å². The van der Waals surface area contributed by atoms with Gasteiger partial charge >= 0.3 is 0 Å². The average molecular weight is 1200 g/mol. The van der Waals surface area contributed by atoms with Crippen LogP contribution in [-0.4, -0.2) is 13.7 Å². The number of rotatable bonds is 12. The molecule has 0 aliphatic rings. The van der Waals surface area contributed by atoms with E-state index in [1.54, 1.807) is 0 Å². The predicted octanol–water partition coefficient (Wildman–Crippen LogP) is 24.4. The van der Waals surface area contributed by atoms with Gasteiger partial charge in [0, 0.05) is 66.4 Å². The summed E-state index contributed by atoms with van der Waals surface area (Å²) in [5, 5.41) is 7.56. The molecule has 18 aromatic rings. The molecule has 4 nitrogen and oxygen atoms in total. The fourth-order valence-electron chi connectivity index (χ4n) is 14.7. The number of benzene rings is 15. The maximum atomic E-state index is 2.38. The van der Waals surface area contributed by atoms with E-state index in [0.29, 0.717) is 0 Å². The van der Waals surface area contributed by atoms with Crippen molar-refractivity contribution in [3.05, 3.63) is 364 Å². The van der Waals surface area contributed by atoms with Crippen LogP contribution in [-0.2, 0) is 0 Å². The van der Waals surface area contributed by atoms with Crippen LogP contribution in [0.3, 0.4) is 0 Å². The molecule has 0 N–H and O–H groups in total. The maximum Gasteiger partial charge on any atom is 0.0541 e. The molecular formula is C90H60N4. The lowest BCUT2D eigenvalue weighted by atomic mass is 9.93. The highest BCUT2D eigenvalue weighted by Gasteiger charge is 2.20. The van der Waals surface area contributed by atoms with E-state index in [-0.39, 0.29) is 0 Å². The normalized spacial score (nSPS) is 11.6. The third kappa shape index (κ3) is 9.22. The Labute approximate surface area is 545 Å². The average Bonchev–Trinajstić information content (AvgIpc) is 1.60. The second-order valence-electron chi connectivity index (χ2n) is 24.4. The highest BCUT2D eigenvalue weighted by molar-refractivity contribution is 6.11. The van der Waals surface area contributed by atoms with Gasteiger partial charge in [0.15, 0.2) is 0 Å². The largest absolute Gasteiger partial charge is 0.311 e. The van der Waals surface area contributed by atoms with Gasteiger partial charge in [-0.1, -0.05) is 255 Å². The van der Waals surface area contributed by atoms with Crippen LogP contribution in [0.5, 0.6) is 0 Å². The Hall–Kier alpha value is -12.5.